The number of carbonyl (C=O) groups is 2. The van der Waals surface area contributed by atoms with Crippen LogP contribution in [0.4, 0.5) is 20.6 Å². The van der Waals surface area contributed by atoms with Crippen LogP contribution in [0.15, 0.2) is 48.5 Å². The molecule has 0 aliphatic carbocycles. The lowest BCUT2D eigenvalue weighted by Gasteiger charge is -2.08. The number of halogens is 1. The third-order valence-electron chi connectivity index (χ3n) is 2.64. The normalized spacial score (nSPS) is 9.95. The van der Waals surface area contributed by atoms with Gasteiger partial charge < -0.3 is 15.7 Å². The maximum absolute atomic E-state index is 12.7. The summed E-state index contributed by atoms with van der Waals surface area (Å²) in [5.74, 6) is -1.33. The average molecular weight is 288 g/mol. The molecule has 0 aliphatic heterocycles. The lowest BCUT2D eigenvalue weighted by Crippen LogP contribution is -2.19. The molecule has 2 aromatic carbocycles. The summed E-state index contributed by atoms with van der Waals surface area (Å²) in [7, 11) is 0. The van der Waals surface area contributed by atoms with Gasteiger partial charge in [0.2, 0.25) is 0 Å². The molecule has 3 N–H and O–H groups in total. The van der Waals surface area contributed by atoms with Crippen LogP contribution in [0, 0.1) is 5.82 Å². The highest BCUT2D eigenvalue weighted by molar-refractivity contribution is 5.99. The minimum absolute atomic E-state index is 0.116. The number of carboxylic acids is 1. The topological polar surface area (TPSA) is 78.4 Å². The number of rotatable bonds is 4. The zero-order valence-electron chi connectivity index (χ0n) is 11.0. The molecule has 21 heavy (non-hydrogen) atoms. The van der Waals surface area contributed by atoms with Crippen molar-refractivity contribution in [1.82, 2.24) is 0 Å². The van der Waals surface area contributed by atoms with Crippen molar-refractivity contribution in [2.45, 2.75) is 6.42 Å². The second-order valence-electron chi connectivity index (χ2n) is 4.36. The second kappa shape index (κ2) is 6.51. The van der Waals surface area contributed by atoms with E-state index in [0.717, 1.165) is 0 Å². The van der Waals surface area contributed by atoms with E-state index < -0.39 is 12.0 Å². The number of benzene rings is 2. The van der Waals surface area contributed by atoms with Gasteiger partial charge in [0.25, 0.3) is 0 Å². The predicted molar refractivity (Wildman–Crippen MR) is 76.8 cm³/mol. The average Bonchev–Trinajstić information content (AvgIpc) is 2.41. The smallest absolute Gasteiger partial charge is 0.323 e. The van der Waals surface area contributed by atoms with Crippen molar-refractivity contribution in [3.05, 3.63) is 59.9 Å². The first kappa shape index (κ1) is 14.5. The van der Waals surface area contributed by atoms with Crippen LogP contribution in [0.3, 0.4) is 0 Å². The molecule has 0 saturated carbocycles. The van der Waals surface area contributed by atoms with Crippen molar-refractivity contribution in [2.24, 2.45) is 0 Å². The first-order valence-electron chi connectivity index (χ1n) is 6.17. The van der Waals surface area contributed by atoms with Crippen LogP contribution in [0.2, 0.25) is 0 Å². The number of hydrogen-bond acceptors (Lipinski definition) is 2. The number of nitrogens with one attached hydrogen (secondary N) is 2. The summed E-state index contributed by atoms with van der Waals surface area (Å²) in [6.07, 6.45) is -0.116. The summed E-state index contributed by atoms with van der Waals surface area (Å²) in [4.78, 5) is 22.4. The van der Waals surface area contributed by atoms with Crippen molar-refractivity contribution in [3.63, 3.8) is 0 Å². The van der Waals surface area contributed by atoms with Crippen molar-refractivity contribution < 1.29 is 19.1 Å². The summed E-state index contributed by atoms with van der Waals surface area (Å²) < 4.78 is 12.7. The highest BCUT2D eigenvalue weighted by atomic mass is 19.1. The molecular weight excluding hydrogens is 275 g/mol. The van der Waals surface area contributed by atoms with Crippen LogP contribution < -0.4 is 10.6 Å². The summed E-state index contributed by atoms with van der Waals surface area (Å²) in [6.45, 7) is 0. The molecule has 0 fully saturated rings. The summed E-state index contributed by atoms with van der Waals surface area (Å²) in [5.41, 5.74) is 1.52. The summed E-state index contributed by atoms with van der Waals surface area (Å²) in [6, 6.07) is 11.4. The van der Waals surface area contributed by atoms with Gasteiger partial charge in [-0.15, -0.1) is 0 Å². The molecule has 2 rings (SSSR count). The highest BCUT2D eigenvalue weighted by Gasteiger charge is 2.05. The molecule has 0 bridgehead atoms. The Balaban J connectivity index is 1.99. The van der Waals surface area contributed by atoms with Gasteiger partial charge in [-0.05, 0) is 42.0 Å². The van der Waals surface area contributed by atoms with Gasteiger partial charge in [-0.1, -0.05) is 12.1 Å². The fourth-order valence-corrected chi connectivity index (χ4v) is 1.76. The highest BCUT2D eigenvalue weighted by Crippen LogP contribution is 2.13. The van der Waals surface area contributed by atoms with Crippen LogP contribution in [-0.2, 0) is 11.2 Å². The van der Waals surface area contributed by atoms with E-state index in [1.807, 2.05) is 0 Å². The van der Waals surface area contributed by atoms with Gasteiger partial charge in [-0.3, -0.25) is 4.79 Å². The minimum atomic E-state index is -0.942. The van der Waals surface area contributed by atoms with Crippen LogP contribution in [-0.4, -0.2) is 17.1 Å². The zero-order chi connectivity index (χ0) is 15.2. The molecule has 6 heteroatoms. The SMILES string of the molecule is O=C(O)Cc1cccc(NC(=O)Nc2ccc(F)cc2)c1. The number of carboxylic acid groups (broad SMARTS) is 1. The van der Waals surface area contributed by atoms with Crippen LogP contribution >= 0.6 is 0 Å². The second-order valence-corrected chi connectivity index (χ2v) is 4.36. The third-order valence-corrected chi connectivity index (χ3v) is 2.64. The molecule has 0 saturated heterocycles. The van der Waals surface area contributed by atoms with Gasteiger partial charge in [0, 0.05) is 11.4 Å². The monoisotopic (exact) mass is 288 g/mol. The van der Waals surface area contributed by atoms with Crippen molar-refractivity contribution in [1.29, 1.82) is 0 Å². The molecular formula is C15H13FN2O3. The van der Waals surface area contributed by atoms with E-state index >= 15 is 0 Å². The standard InChI is InChI=1S/C15H13FN2O3/c16-11-4-6-12(7-5-11)17-15(21)18-13-3-1-2-10(8-13)9-14(19)20/h1-8H,9H2,(H,19,20)(H2,17,18,21). The van der Waals surface area contributed by atoms with E-state index in [0.29, 0.717) is 16.9 Å². The first-order valence-corrected chi connectivity index (χ1v) is 6.17. The molecule has 0 atom stereocenters. The van der Waals surface area contributed by atoms with Crippen molar-refractivity contribution in [3.8, 4) is 0 Å². The maximum Gasteiger partial charge on any atom is 0.323 e. The van der Waals surface area contributed by atoms with Crippen molar-refractivity contribution >= 4 is 23.4 Å². The Morgan fingerprint density at radius 1 is 1.00 bits per heavy atom. The molecule has 0 aliphatic rings. The minimum Gasteiger partial charge on any atom is -0.481 e. The fraction of sp³-hybridized carbons (Fsp3) is 0.0667. The first-order chi connectivity index (χ1) is 10.0. The van der Waals surface area contributed by atoms with Gasteiger partial charge in [0.1, 0.15) is 5.82 Å². The quantitative estimate of drug-likeness (QED) is 0.809. The third kappa shape index (κ3) is 4.61. The van der Waals surface area contributed by atoms with Gasteiger partial charge in [-0.25, -0.2) is 9.18 Å². The molecule has 2 aromatic rings. The van der Waals surface area contributed by atoms with E-state index in [1.165, 1.54) is 24.3 Å². The Kier molecular flexibility index (Phi) is 4.50. The number of amides is 2. The van der Waals surface area contributed by atoms with Gasteiger partial charge >= 0.3 is 12.0 Å². The van der Waals surface area contributed by atoms with Gasteiger partial charge in [-0.2, -0.15) is 0 Å². The van der Waals surface area contributed by atoms with Crippen molar-refractivity contribution in [2.75, 3.05) is 10.6 Å². The van der Waals surface area contributed by atoms with E-state index in [2.05, 4.69) is 10.6 Å². The number of urea groups is 1. The van der Waals surface area contributed by atoms with Crippen LogP contribution in [0.25, 0.3) is 0 Å². The lowest BCUT2D eigenvalue weighted by atomic mass is 10.1. The number of anilines is 2. The maximum atomic E-state index is 12.7. The Bertz CT molecular complexity index is 656. The Morgan fingerprint density at radius 2 is 1.67 bits per heavy atom. The molecule has 0 heterocycles. The predicted octanol–water partition coefficient (Wildman–Crippen LogP) is 3.10. The lowest BCUT2D eigenvalue weighted by molar-refractivity contribution is -0.136. The molecule has 0 unspecified atom stereocenters. The van der Waals surface area contributed by atoms with E-state index in [1.54, 1.807) is 24.3 Å². The van der Waals surface area contributed by atoms with Gasteiger partial charge in [0.05, 0.1) is 6.42 Å². The molecule has 108 valence electrons. The number of aliphatic carboxylic acids is 1. The summed E-state index contributed by atoms with van der Waals surface area (Å²) in [5, 5.41) is 13.9. The van der Waals surface area contributed by atoms with E-state index in [9.17, 15) is 14.0 Å². The van der Waals surface area contributed by atoms with E-state index in [-0.39, 0.29) is 12.2 Å². The number of hydrogen-bond donors (Lipinski definition) is 3. The zero-order valence-corrected chi connectivity index (χ0v) is 11.0. The molecule has 2 amide bonds. The fourth-order valence-electron chi connectivity index (χ4n) is 1.76. The van der Waals surface area contributed by atoms with Crippen LogP contribution in [0.5, 0.6) is 0 Å². The van der Waals surface area contributed by atoms with E-state index in [4.69, 9.17) is 5.11 Å². The molecule has 5 nitrogen and oxygen atoms in total. The van der Waals surface area contributed by atoms with Crippen LogP contribution in [0.1, 0.15) is 5.56 Å². The molecule has 0 spiro atoms. The Hall–Kier alpha value is -2.89. The number of carbonyl (C=O) groups excluding carboxylic acids is 1. The molecule has 0 aromatic heterocycles. The Labute approximate surface area is 120 Å². The van der Waals surface area contributed by atoms with Gasteiger partial charge in [0.15, 0.2) is 0 Å². The molecule has 0 radical (unpaired) electrons. The largest absolute Gasteiger partial charge is 0.481 e. The summed E-state index contributed by atoms with van der Waals surface area (Å²) >= 11 is 0. The Morgan fingerprint density at radius 3 is 2.33 bits per heavy atom.